The summed E-state index contributed by atoms with van der Waals surface area (Å²) in [5, 5.41) is 3.50. The number of fused-ring (bicyclic) bond motifs is 1. The Hall–Kier alpha value is -3.44. The molecule has 4 rings (SSSR count). The summed E-state index contributed by atoms with van der Waals surface area (Å²) in [6, 6.07) is 16.7. The van der Waals surface area contributed by atoms with E-state index in [2.05, 4.69) is 15.3 Å². The Bertz CT molecular complexity index is 1080. The second-order valence-electron chi connectivity index (χ2n) is 5.90. The van der Waals surface area contributed by atoms with Crippen LogP contribution in [0.3, 0.4) is 0 Å². The van der Waals surface area contributed by atoms with E-state index >= 15 is 0 Å². The number of hydrogen-bond donors (Lipinski definition) is 1. The van der Waals surface area contributed by atoms with Crippen LogP contribution in [0.4, 0.5) is 5.69 Å². The minimum atomic E-state index is -0.199. The molecule has 2 heterocycles. The molecule has 132 valence electrons. The zero-order valence-corrected chi connectivity index (χ0v) is 15.0. The Balaban J connectivity index is 1.44. The first-order valence-corrected chi connectivity index (χ1v) is 8.70. The maximum absolute atomic E-state index is 12.1. The summed E-state index contributed by atoms with van der Waals surface area (Å²) in [6.45, 7) is 0. The van der Waals surface area contributed by atoms with E-state index in [1.54, 1.807) is 24.4 Å². The van der Waals surface area contributed by atoms with Crippen LogP contribution >= 0.6 is 11.6 Å². The summed E-state index contributed by atoms with van der Waals surface area (Å²) in [4.78, 5) is 20.8. The molecule has 0 saturated carbocycles. The van der Waals surface area contributed by atoms with E-state index < -0.39 is 0 Å². The van der Waals surface area contributed by atoms with E-state index in [0.29, 0.717) is 16.5 Å². The molecule has 0 radical (unpaired) electrons. The van der Waals surface area contributed by atoms with Gasteiger partial charge in [-0.05, 0) is 42.0 Å². The molecule has 0 bridgehead atoms. The number of hydrogen-bond acceptors (Lipinski definition) is 3. The average Bonchev–Trinajstić information content (AvgIpc) is 3.12. The predicted octanol–water partition coefficient (Wildman–Crippen LogP) is 4.70. The van der Waals surface area contributed by atoms with Crippen LogP contribution in [0.25, 0.3) is 23.1 Å². The number of aromatic nitrogens is 3. The van der Waals surface area contributed by atoms with Gasteiger partial charge in [0.15, 0.2) is 0 Å². The SMILES string of the molecule is O=C(/C=C/c1ccc(Cl)cc1)Nc1ccc(-c2cn3cccnc3n2)cc1. The maximum atomic E-state index is 12.1. The van der Waals surface area contributed by atoms with Crippen molar-refractivity contribution in [2.24, 2.45) is 0 Å². The van der Waals surface area contributed by atoms with Crippen LogP contribution in [-0.4, -0.2) is 20.3 Å². The minimum absolute atomic E-state index is 0.199. The van der Waals surface area contributed by atoms with Crippen LogP contribution in [0.1, 0.15) is 5.56 Å². The van der Waals surface area contributed by atoms with Crippen molar-refractivity contribution in [2.75, 3.05) is 5.32 Å². The first-order valence-electron chi connectivity index (χ1n) is 8.32. The Kier molecular flexibility index (Phi) is 4.68. The quantitative estimate of drug-likeness (QED) is 0.526. The fourth-order valence-electron chi connectivity index (χ4n) is 2.62. The predicted molar refractivity (Wildman–Crippen MR) is 108 cm³/mol. The molecule has 27 heavy (non-hydrogen) atoms. The molecule has 0 atom stereocenters. The molecule has 0 fully saturated rings. The third-order valence-electron chi connectivity index (χ3n) is 3.98. The Morgan fingerprint density at radius 3 is 2.59 bits per heavy atom. The largest absolute Gasteiger partial charge is 0.323 e. The van der Waals surface area contributed by atoms with Crippen LogP contribution < -0.4 is 5.32 Å². The Morgan fingerprint density at radius 1 is 1.07 bits per heavy atom. The molecule has 0 aliphatic heterocycles. The van der Waals surface area contributed by atoms with Crippen LogP contribution in [0.15, 0.2) is 79.3 Å². The number of nitrogens with one attached hydrogen (secondary N) is 1. The third-order valence-corrected chi connectivity index (χ3v) is 4.23. The van der Waals surface area contributed by atoms with Gasteiger partial charge in [0.05, 0.1) is 5.69 Å². The highest BCUT2D eigenvalue weighted by molar-refractivity contribution is 6.30. The molecule has 0 spiro atoms. The summed E-state index contributed by atoms with van der Waals surface area (Å²) in [5.41, 5.74) is 3.40. The van der Waals surface area contributed by atoms with Crippen molar-refractivity contribution < 1.29 is 4.79 Å². The lowest BCUT2D eigenvalue weighted by molar-refractivity contribution is -0.111. The van der Waals surface area contributed by atoms with Crippen LogP contribution in [0, 0.1) is 0 Å². The van der Waals surface area contributed by atoms with Gasteiger partial charge in [-0.15, -0.1) is 0 Å². The summed E-state index contributed by atoms with van der Waals surface area (Å²) >= 11 is 5.85. The highest BCUT2D eigenvalue weighted by atomic mass is 35.5. The summed E-state index contributed by atoms with van der Waals surface area (Å²) in [6.07, 6.45) is 8.77. The number of benzene rings is 2. The highest BCUT2D eigenvalue weighted by Crippen LogP contribution is 2.21. The van der Waals surface area contributed by atoms with Gasteiger partial charge < -0.3 is 5.32 Å². The van der Waals surface area contributed by atoms with E-state index in [1.807, 2.05) is 59.3 Å². The van der Waals surface area contributed by atoms with Gasteiger partial charge in [0.25, 0.3) is 0 Å². The van der Waals surface area contributed by atoms with E-state index in [9.17, 15) is 4.79 Å². The topological polar surface area (TPSA) is 59.3 Å². The smallest absolute Gasteiger partial charge is 0.248 e. The molecule has 4 aromatic rings. The van der Waals surface area contributed by atoms with Gasteiger partial charge in [-0.2, -0.15) is 0 Å². The lowest BCUT2D eigenvalue weighted by atomic mass is 10.1. The second-order valence-corrected chi connectivity index (χ2v) is 6.34. The lowest BCUT2D eigenvalue weighted by Crippen LogP contribution is -2.07. The van der Waals surface area contributed by atoms with Crippen LogP contribution in [-0.2, 0) is 4.79 Å². The number of carbonyl (C=O) groups excluding carboxylic acids is 1. The van der Waals surface area contributed by atoms with Gasteiger partial charge in [0.2, 0.25) is 11.7 Å². The summed E-state index contributed by atoms with van der Waals surface area (Å²) in [5.74, 6) is 0.451. The molecule has 0 aliphatic carbocycles. The Labute approximate surface area is 161 Å². The minimum Gasteiger partial charge on any atom is -0.323 e. The van der Waals surface area contributed by atoms with Gasteiger partial charge in [-0.25, -0.2) is 9.97 Å². The third kappa shape index (κ3) is 4.04. The number of carbonyl (C=O) groups is 1. The molecule has 2 aromatic heterocycles. The van der Waals surface area contributed by atoms with Crippen molar-refractivity contribution in [1.29, 1.82) is 0 Å². The highest BCUT2D eigenvalue weighted by Gasteiger charge is 2.05. The van der Waals surface area contributed by atoms with E-state index in [0.717, 1.165) is 16.8 Å². The first-order chi connectivity index (χ1) is 13.2. The number of nitrogens with zero attached hydrogens (tertiary/aromatic N) is 3. The molecule has 6 heteroatoms. The number of rotatable bonds is 4. The van der Waals surface area contributed by atoms with Gasteiger partial charge >= 0.3 is 0 Å². The van der Waals surface area contributed by atoms with Gasteiger partial charge in [-0.3, -0.25) is 9.20 Å². The van der Waals surface area contributed by atoms with Crippen LogP contribution in [0.2, 0.25) is 5.02 Å². The van der Waals surface area contributed by atoms with Crippen molar-refractivity contribution in [3.8, 4) is 11.3 Å². The molecule has 5 nitrogen and oxygen atoms in total. The average molecular weight is 375 g/mol. The molecular weight excluding hydrogens is 360 g/mol. The molecule has 2 aromatic carbocycles. The monoisotopic (exact) mass is 374 g/mol. The van der Waals surface area contributed by atoms with Crippen molar-refractivity contribution in [3.63, 3.8) is 0 Å². The second kappa shape index (κ2) is 7.43. The number of anilines is 1. The van der Waals surface area contributed by atoms with Gasteiger partial charge in [0.1, 0.15) is 0 Å². The molecule has 1 N–H and O–H groups in total. The fourth-order valence-corrected chi connectivity index (χ4v) is 2.75. The van der Waals surface area contributed by atoms with E-state index in [-0.39, 0.29) is 5.91 Å². The standard InChI is InChI=1S/C21H15ClN4O/c22-17-7-2-15(3-8-17)4-11-20(27)24-18-9-5-16(6-10-18)19-14-26-13-1-12-23-21(26)25-19/h1-14H,(H,24,27)/b11-4+. The fraction of sp³-hybridized carbons (Fsp3) is 0. The van der Waals surface area contributed by atoms with Crippen molar-refractivity contribution >= 4 is 35.0 Å². The molecule has 1 amide bonds. The Morgan fingerprint density at radius 2 is 1.85 bits per heavy atom. The molecule has 0 aliphatic rings. The van der Waals surface area contributed by atoms with Crippen LogP contribution in [0.5, 0.6) is 0 Å². The maximum Gasteiger partial charge on any atom is 0.248 e. The van der Waals surface area contributed by atoms with Crippen molar-refractivity contribution in [1.82, 2.24) is 14.4 Å². The normalized spacial score (nSPS) is 11.1. The molecule has 0 saturated heterocycles. The molecule has 0 unspecified atom stereocenters. The van der Waals surface area contributed by atoms with Gasteiger partial charge in [-0.1, -0.05) is 35.9 Å². The van der Waals surface area contributed by atoms with Crippen molar-refractivity contribution in [2.45, 2.75) is 0 Å². The zero-order valence-electron chi connectivity index (χ0n) is 14.2. The number of amides is 1. The summed E-state index contributed by atoms with van der Waals surface area (Å²) in [7, 11) is 0. The first kappa shape index (κ1) is 17.0. The molecular formula is C21H15ClN4O. The van der Waals surface area contributed by atoms with Gasteiger partial charge in [0, 0.05) is 40.9 Å². The zero-order chi connectivity index (χ0) is 18.6. The van der Waals surface area contributed by atoms with Crippen molar-refractivity contribution in [3.05, 3.63) is 89.8 Å². The van der Waals surface area contributed by atoms with E-state index in [1.165, 1.54) is 6.08 Å². The summed E-state index contributed by atoms with van der Waals surface area (Å²) < 4.78 is 1.87. The number of halogens is 1. The lowest BCUT2D eigenvalue weighted by Gasteiger charge is -2.03. The van der Waals surface area contributed by atoms with E-state index in [4.69, 9.17) is 11.6 Å². The number of imidazole rings is 1.